The number of benzene rings is 2. The van der Waals surface area contributed by atoms with Crippen LogP contribution in [0.1, 0.15) is 41.6 Å². The Morgan fingerprint density at radius 1 is 1.11 bits per heavy atom. The third-order valence-electron chi connectivity index (χ3n) is 6.64. The van der Waals surface area contributed by atoms with E-state index in [1.165, 1.54) is 25.5 Å². The molecule has 2 aliphatic heterocycles. The van der Waals surface area contributed by atoms with Crippen LogP contribution in [0.3, 0.4) is 0 Å². The molecule has 28 heavy (non-hydrogen) atoms. The molecule has 0 aromatic heterocycles. The fourth-order valence-electron chi connectivity index (χ4n) is 4.83. The van der Waals surface area contributed by atoms with E-state index in [1.807, 2.05) is 4.90 Å². The van der Waals surface area contributed by atoms with Crippen molar-refractivity contribution in [3.8, 4) is 0 Å². The second-order valence-electron chi connectivity index (χ2n) is 8.58. The number of fused-ring (bicyclic) bond motifs is 2. The van der Waals surface area contributed by atoms with Gasteiger partial charge in [0, 0.05) is 34.8 Å². The average Bonchev–Trinajstić information content (AvgIpc) is 3.47. The number of amides is 1. The number of anilines is 1. The van der Waals surface area contributed by atoms with Gasteiger partial charge in [-0.1, -0.05) is 11.6 Å². The van der Waals surface area contributed by atoms with Gasteiger partial charge in [0.25, 0.3) is 5.91 Å². The number of nitrogens with zero attached hydrogens (tertiary/aromatic N) is 2. The van der Waals surface area contributed by atoms with Crippen LogP contribution in [-0.4, -0.2) is 37.0 Å². The smallest absolute Gasteiger partial charge is 0.258 e. The van der Waals surface area contributed by atoms with Crippen LogP contribution in [0.4, 0.5) is 10.1 Å². The van der Waals surface area contributed by atoms with Gasteiger partial charge in [0.15, 0.2) is 0 Å². The fourth-order valence-corrected chi connectivity index (χ4v) is 4.95. The molecule has 3 nitrogen and oxygen atoms in total. The van der Waals surface area contributed by atoms with Gasteiger partial charge in [0.05, 0.1) is 0 Å². The highest BCUT2D eigenvalue weighted by atomic mass is 35.5. The molecule has 1 saturated carbocycles. The lowest BCUT2D eigenvalue weighted by atomic mass is 9.74. The Kier molecular flexibility index (Phi) is 4.44. The van der Waals surface area contributed by atoms with Gasteiger partial charge in [0.1, 0.15) is 5.82 Å². The first kappa shape index (κ1) is 18.1. The van der Waals surface area contributed by atoms with E-state index in [1.54, 1.807) is 36.4 Å². The molecule has 0 bridgehead atoms. The quantitative estimate of drug-likeness (QED) is 0.735. The van der Waals surface area contributed by atoms with Crippen molar-refractivity contribution < 1.29 is 9.18 Å². The Morgan fingerprint density at radius 2 is 1.82 bits per heavy atom. The van der Waals surface area contributed by atoms with Crippen molar-refractivity contribution in [1.82, 2.24) is 4.90 Å². The molecule has 2 aromatic carbocycles. The molecule has 1 amide bonds. The molecule has 1 saturated heterocycles. The van der Waals surface area contributed by atoms with Crippen molar-refractivity contribution in [1.29, 1.82) is 0 Å². The molecule has 1 aliphatic carbocycles. The summed E-state index contributed by atoms with van der Waals surface area (Å²) >= 11 is 5.97. The number of hydrogen-bond acceptors (Lipinski definition) is 2. The zero-order chi connectivity index (χ0) is 19.3. The third-order valence-corrected chi connectivity index (χ3v) is 6.90. The molecule has 1 spiro atoms. The number of likely N-dealkylation sites (tertiary alicyclic amines) is 1. The maximum Gasteiger partial charge on any atom is 0.258 e. The largest absolute Gasteiger partial charge is 0.307 e. The van der Waals surface area contributed by atoms with Gasteiger partial charge >= 0.3 is 0 Å². The van der Waals surface area contributed by atoms with E-state index in [4.69, 9.17) is 11.6 Å². The Hall–Kier alpha value is -1.91. The number of piperidine rings is 1. The molecule has 3 aliphatic rings. The summed E-state index contributed by atoms with van der Waals surface area (Å²) in [7, 11) is 0. The molecule has 2 fully saturated rings. The summed E-state index contributed by atoms with van der Waals surface area (Å²) in [5.74, 6) is 0.617. The first-order valence-electron chi connectivity index (χ1n) is 10.1. The molecule has 0 N–H and O–H groups in total. The first-order chi connectivity index (χ1) is 13.5. The van der Waals surface area contributed by atoms with E-state index in [0.717, 1.165) is 43.1 Å². The topological polar surface area (TPSA) is 23.6 Å². The fraction of sp³-hybridized carbons (Fsp3) is 0.435. The van der Waals surface area contributed by atoms with Gasteiger partial charge < -0.3 is 9.80 Å². The zero-order valence-corrected chi connectivity index (χ0v) is 16.6. The minimum Gasteiger partial charge on any atom is -0.307 e. The highest BCUT2D eigenvalue weighted by Crippen LogP contribution is 2.48. The van der Waals surface area contributed by atoms with E-state index in [0.29, 0.717) is 17.1 Å². The normalized spacial score (nSPS) is 21.1. The van der Waals surface area contributed by atoms with Gasteiger partial charge in [-0.05, 0) is 92.7 Å². The molecule has 0 unspecified atom stereocenters. The lowest BCUT2D eigenvalue weighted by molar-refractivity contribution is 0.0976. The molecule has 0 radical (unpaired) electrons. The number of rotatable bonds is 3. The van der Waals surface area contributed by atoms with Gasteiger partial charge in [-0.15, -0.1) is 0 Å². The number of carbonyl (C=O) groups excluding carboxylic acids is 1. The Labute approximate surface area is 170 Å². The minimum absolute atomic E-state index is 0.0400. The summed E-state index contributed by atoms with van der Waals surface area (Å²) in [5.41, 5.74) is 2.33. The van der Waals surface area contributed by atoms with Crippen molar-refractivity contribution in [2.24, 2.45) is 5.92 Å². The van der Waals surface area contributed by atoms with Crippen LogP contribution in [0.25, 0.3) is 0 Å². The highest BCUT2D eigenvalue weighted by molar-refractivity contribution is 6.30. The van der Waals surface area contributed by atoms with Crippen molar-refractivity contribution in [2.45, 2.75) is 31.1 Å². The molecule has 2 heterocycles. The number of halogens is 2. The molecule has 146 valence electrons. The van der Waals surface area contributed by atoms with Crippen molar-refractivity contribution >= 4 is 23.2 Å². The van der Waals surface area contributed by atoms with Crippen LogP contribution in [0.5, 0.6) is 0 Å². The molecule has 0 atom stereocenters. The van der Waals surface area contributed by atoms with Crippen LogP contribution < -0.4 is 4.90 Å². The Morgan fingerprint density at radius 3 is 2.50 bits per heavy atom. The van der Waals surface area contributed by atoms with Crippen LogP contribution in [0, 0.1) is 11.7 Å². The van der Waals surface area contributed by atoms with E-state index in [9.17, 15) is 9.18 Å². The van der Waals surface area contributed by atoms with Crippen molar-refractivity contribution in [3.05, 3.63) is 64.4 Å². The lowest BCUT2D eigenvalue weighted by Gasteiger charge is -2.40. The molecular weight excluding hydrogens is 375 g/mol. The number of hydrogen-bond donors (Lipinski definition) is 0. The standard InChI is InChI=1S/C23H24ClFN2O/c24-18-5-3-17(4-6-18)22(28)27-15-23(20-13-19(25)7-8-21(20)27)9-11-26(12-10-23)14-16-1-2-16/h3-8,13,16H,1-2,9-12,14-15H2. The molecule has 5 heteroatoms. The van der Waals surface area contributed by atoms with Gasteiger partial charge in [-0.25, -0.2) is 4.39 Å². The maximum absolute atomic E-state index is 14.1. The second-order valence-corrected chi connectivity index (χ2v) is 9.02. The van der Waals surface area contributed by atoms with E-state index >= 15 is 0 Å². The van der Waals surface area contributed by atoms with Crippen LogP contribution in [-0.2, 0) is 5.41 Å². The molecule has 2 aromatic rings. The zero-order valence-electron chi connectivity index (χ0n) is 15.8. The van der Waals surface area contributed by atoms with Gasteiger partial charge in [0.2, 0.25) is 0 Å². The van der Waals surface area contributed by atoms with Crippen molar-refractivity contribution in [2.75, 3.05) is 31.1 Å². The monoisotopic (exact) mass is 398 g/mol. The summed E-state index contributed by atoms with van der Waals surface area (Å²) in [4.78, 5) is 17.6. The van der Waals surface area contributed by atoms with Gasteiger partial charge in [-0.2, -0.15) is 0 Å². The average molecular weight is 399 g/mol. The van der Waals surface area contributed by atoms with Crippen LogP contribution >= 0.6 is 11.6 Å². The summed E-state index contributed by atoms with van der Waals surface area (Å²) < 4.78 is 14.1. The summed E-state index contributed by atoms with van der Waals surface area (Å²) in [6.07, 6.45) is 4.67. The first-order valence-corrected chi connectivity index (χ1v) is 10.5. The Balaban J connectivity index is 1.43. The second kappa shape index (κ2) is 6.85. The Bertz CT molecular complexity index is 901. The summed E-state index contributed by atoms with van der Waals surface area (Å²) in [6, 6.07) is 11.9. The lowest BCUT2D eigenvalue weighted by Crippen LogP contribution is -2.46. The maximum atomic E-state index is 14.1. The molecular formula is C23H24ClFN2O. The van der Waals surface area contributed by atoms with E-state index in [2.05, 4.69) is 4.90 Å². The molecule has 5 rings (SSSR count). The summed E-state index contributed by atoms with van der Waals surface area (Å²) in [5, 5.41) is 0.611. The van der Waals surface area contributed by atoms with Crippen LogP contribution in [0.15, 0.2) is 42.5 Å². The van der Waals surface area contributed by atoms with E-state index < -0.39 is 0 Å². The summed E-state index contributed by atoms with van der Waals surface area (Å²) in [6.45, 7) is 3.87. The van der Waals surface area contributed by atoms with Gasteiger partial charge in [-0.3, -0.25) is 4.79 Å². The predicted molar refractivity (Wildman–Crippen MR) is 110 cm³/mol. The van der Waals surface area contributed by atoms with Crippen molar-refractivity contribution in [3.63, 3.8) is 0 Å². The minimum atomic E-state index is -0.223. The number of carbonyl (C=O) groups is 1. The van der Waals surface area contributed by atoms with E-state index in [-0.39, 0.29) is 17.1 Å². The third kappa shape index (κ3) is 3.23. The van der Waals surface area contributed by atoms with Crippen LogP contribution in [0.2, 0.25) is 5.02 Å². The SMILES string of the molecule is O=C(c1ccc(Cl)cc1)N1CC2(CCN(CC3CC3)CC2)c2cc(F)ccc21. The predicted octanol–water partition coefficient (Wildman–Crippen LogP) is 4.88. The highest BCUT2D eigenvalue weighted by Gasteiger charge is 2.47.